The lowest BCUT2D eigenvalue weighted by Gasteiger charge is -2.26. The number of rotatable bonds is 2. The summed E-state index contributed by atoms with van der Waals surface area (Å²) in [4.78, 5) is 0. The van der Waals surface area contributed by atoms with E-state index < -0.39 is 0 Å². The van der Waals surface area contributed by atoms with Crippen LogP contribution in [0.15, 0.2) is 11.8 Å². The Balaban J connectivity index is 1.90. The molecule has 0 aromatic heterocycles. The molecule has 1 N–H and O–H groups in total. The highest BCUT2D eigenvalue weighted by Crippen LogP contribution is 2.31. The topological polar surface area (TPSA) is 29.5 Å². The summed E-state index contributed by atoms with van der Waals surface area (Å²) in [6, 6.07) is 0. The largest absolute Gasteiger partial charge is 0.501 e. The van der Waals surface area contributed by atoms with Gasteiger partial charge in [-0.25, -0.2) is 0 Å². The van der Waals surface area contributed by atoms with Crippen LogP contribution in [0.2, 0.25) is 0 Å². The summed E-state index contributed by atoms with van der Waals surface area (Å²) in [7, 11) is 0. The van der Waals surface area contributed by atoms with Crippen LogP contribution in [0.4, 0.5) is 0 Å². The van der Waals surface area contributed by atoms with Crippen molar-refractivity contribution < 1.29 is 9.84 Å². The van der Waals surface area contributed by atoms with Gasteiger partial charge in [0.2, 0.25) is 0 Å². The van der Waals surface area contributed by atoms with Crippen molar-refractivity contribution in [2.75, 3.05) is 12.4 Å². The molecular formula is C10H16O2S. The Morgan fingerprint density at radius 3 is 3.08 bits per heavy atom. The van der Waals surface area contributed by atoms with Gasteiger partial charge in [0.1, 0.15) is 0 Å². The van der Waals surface area contributed by atoms with Gasteiger partial charge in [-0.05, 0) is 24.2 Å². The van der Waals surface area contributed by atoms with E-state index in [0.717, 1.165) is 25.0 Å². The first-order valence-corrected chi connectivity index (χ1v) is 6.03. The van der Waals surface area contributed by atoms with Crippen molar-refractivity contribution in [1.29, 1.82) is 0 Å². The molecule has 0 amide bonds. The minimum absolute atomic E-state index is 0.257. The standard InChI is InChI=1S/C10H16O2S/c11-10(8-4-5-12-7-8)9-3-1-2-6-13-9/h7,9-11H,1-6H2. The quantitative estimate of drug-likeness (QED) is 0.738. The van der Waals surface area contributed by atoms with Gasteiger partial charge >= 0.3 is 0 Å². The number of ether oxygens (including phenoxy) is 1. The SMILES string of the molecule is OC(C1=COCC1)C1CCCCS1. The predicted molar refractivity (Wildman–Crippen MR) is 54.8 cm³/mol. The molecule has 1 saturated heterocycles. The maximum absolute atomic E-state index is 10.0. The van der Waals surface area contributed by atoms with Crippen molar-refractivity contribution in [3.8, 4) is 0 Å². The summed E-state index contributed by atoms with van der Waals surface area (Å²) >= 11 is 1.91. The second-order valence-electron chi connectivity index (χ2n) is 3.66. The molecule has 0 bridgehead atoms. The van der Waals surface area contributed by atoms with Crippen molar-refractivity contribution in [1.82, 2.24) is 0 Å². The molecule has 0 radical (unpaired) electrons. The maximum atomic E-state index is 10.0. The molecule has 1 fully saturated rings. The molecule has 2 unspecified atom stereocenters. The summed E-state index contributed by atoms with van der Waals surface area (Å²) in [5.41, 5.74) is 1.10. The molecule has 3 heteroatoms. The molecule has 0 aliphatic carbocycles. The highest BCUT2D eigenvalue weighted by atomic mass is 32.2. The minimum atomic E-state index is -0.257. The smallest absolute Gasteiger partial charge is 0.0912 e. The van der Waals surface area contributed by atoms with Gasteiger partial charge in [-0.3, -0.25) is 0 Å². The average Bonchev–Trinajstić information content (AvgIpc) is 2.71. The van der Waals surface area contributed by atoms with Crippen molar-refractivity contribution >= 4 is 11.8 Å². The molecule has 2 heterocycles. The lowest BCUT2D eigenvalue weighted by molar-refractivity contribution is 0.199. The average molecular weight is 200 g/mol. The van der Waals surface area contributed by atoms with Crippen molar-refractivity contribution in [2.24, 2.45) is 0 Å². The molecule has 0 aromatic carbocycles. The monoisotopic (exact) mass is 200 g/mol. The Labute approximate surface area is 83.4 Å². The summed E-state index contributed by atoms with van der Waals surface area (Å²) in [5, 5.41) is 10.4. The number of thioether (sulfide) groups is 1. The predicted octanol–water partition coefficient (Wildman–Crippen LogP) is 1.94. The van der Waals surface area contributed by atoms with Gasteiger partial charge in [0.05, 0.1) is 19.0 Å². The van der Waals surface area contributed by atoms with Crippen LogP contribution in [0.1, 0.15) is 25.7 Å². The first-order chi connectivity index (χ1) is 6.38. The zero-order valence-corrected chi connectivity index (χ0v) is 8.55. The Kier molecular flexibility index (Phi) is 3.17. The lowest BCUT2D eigenvalue weighted by Crippen LogP contribution is -2.27. The maximum Gasteiger partial charge on any atom is 0.0912 e. The molecule has 2 aliphatic rings. The molecule has 13 heavy (non-hydrogen) atoms. The van der Waals surface area contributed by atoms with E-state index in [4.69, 9.17) is 4.74 Å². The Hall–Kier alpha value is -0.150. The molecule has 2 aliphatic heterocycles. The minimum Gasteiger partial charge on any atom is -0.501 e. The van der Waals surface area contributed by atoms with Gasteiger partial charge in [-0.15, -0.1) is 0 Å². The molecule has 0 saturated carbocycles. The third-order valence-corrected chi connectivity index (χ3v) is 4.14. The van der Waals surface area contributed by atoms with Gasteiger partial charge in [0, 0.05) is 11.7 Å². The van der Waals surface area contributed by atoms with Gasteiger partial charge < -0.3 is 9.84 Å². The highest BCUT2D eigenvalue weighted by Gasteiger charge is 2.26. The van der Waals surface area contributed by atoms with E-state index in [1.54, 1.807) is 6.26 Å². The number of hydrogen-bond donors (Lipinski definition) is 1. The van der Waals surface area contributed by atoms with E-state index in [-0.39, 0.29) is 6.10 Å². The fourth-order valence-corrected chi connectivity index (χ4v) is 3.24. The first-order valence-electron chi connectivity index (χ1n) is 4.98. The molecular weight excluding hydrogens is 184 g/mol. The van der Waals surface area contributed by atoms with E-state index >= 15 is 0 Å². The van der Waals surface area contributed by atoms with Gasteiger partial charge in [-0.2, -0.15) is 11.8 Å². The summed E-state index contributed by atoms with van der Waals surface area (Å²) in [6.45, 7) is 0.754. The van der Waals surface area contributed by atoms with Gasteiger partial charge in [0.15, 0.2) is 0 Å². The van der Waals surface area contributed by atoms with E-state index in [1.807, 2.05) is 11.8 Å². The van der Waals surface area contributed by atoms with Crippen LogP contribution in [0.3, 0.4) is 0 Å². The van der Waals surface area contributed by atoms with E-state index in [9.17, 15) is 5.11 Å². The Morgan fingerprint density at radius 1 is 1.54 bits per heavy atom. The fraction of sp³-hybridized carbons (Fsp3) is 0.800. The van der Waals surface area contributed by atoms with E-state index in [0.29, 0.717) is 5.25 Å². The number of aliphatic hydroxyl groups is 1. The van der Waals surface area contributed by atoms with Gasteiger partial charge in [0.25, 0.3) is 0 Å². The van der Waals surface area contributed by atoms with Crippen molar-refractivity contribution in [3.63, 3.8) is 0 Å². The van der Waals surface area contributed by atoms with Crippen LogP contribution < -0.4 is 0 Å². The van der Waals surface area contributed by atoms with Crippen LogP contribution >= 0.6 is 11.8 Å². The fourth-order valence-electron chi connectivity index (χ4n) is 1.87. The van der Waals surface area contributed by atoms with Crippen molar-refractivity contribution in [3.05, 3.63) is 11.8 Å². The third-order valence-electron chi connectivity index (χ3n) is 2.69. The second kappa shape index (κ2) is 4.38. The number of aliphatic hydroxyl groups excluding tert-OH is 1. The Bertz CT molecular complexity index is 197. The molecule has 2 atom stereocenters. The van der Waals surface area contributed by atoms with Crippen LogP contribution in [-0.4, -0.2) is 28.8 Å². The molecule has 0 spiro atoms. The summed E-state index contributed by atoms with van der Waals surface area (Å²) in [5.74, 6) is 1.20. The van der Waals surface area contributed by atoms with Crippen LogP contribution in [0.25, 0.3) is 0 Å². The molecule has 0 aromatic rings. The van der Waals surface area contributed by atoms with Gasteiger partial charge in [-0.1, -0.05) is 6.42 Å². The lowest BCUT2D eigenvalue weighted by atomic mass is 10.0. The van der Waals surface area contributed by atoms with Crippen LogP contribution in [-0.2, 0) is 4.74 Å². The van der Waals surface area contributed by atoms with Crippen molar-refractivity contribution in [2.45, 2.75) is 37.0 Å². The zero-order chi connectivity index (χ0) is 9.10. The highest BCUT2D eigenvalue weighted by molar-refractivity contribution is 8.00. The van der Waals surface area contributed by atoms with Crippen LogP contribution in [0.5, 0.6) is 0 Å². The zero-order valence-electron chi connectivity index (χ0n) is 7.74. The summed E-state index contributed by atoms with van der Waals surface area (Å²) < 4.78 is 5.14. The first kappa shape index (κ1) is 9.41. The van der Waals surface area contributed by atoms with Crippen LogP contribution in [0, 0.1) is 0 Å². The molecule has 2 rings (SSSR count). The summed E-state index contributed by atoms with van der Waals surface area (Å²) in [6.07, 6.45) is 6.14. The van der Waals surface area contributed by atoms with E-state index in [1.165, 1.54) is 18.6 Å². The normalized spacial score (nSPS) is 30.8. The molecule has 2 nitrogen and oxygen atoms in total. The molecule has 74 valence electrons. The van der Waals surface area contributed by atoms with E-state index in [2.05, 4.69) is 0 Å². The second-order valence-corrected chi connectivity index (χ2v) is 5.01. The Morgan fingerprint density at radius 2 is 2.46 bits per heavy atom. The number of hydrogen-bond acceptors (Lipinski definition) is 3. The third kappa shape index (κ3) is 2.20.